The normalized spacial score (nSPS) is 23.0. The first-order valence-corrected chi connectivity index (χ1v) is 11.0. The zero-order chi connectivity index (χ0) is 21.1. The first-order chi connectivity index (χ1) is 14.5. The molecule has 1 aromatic heterocycles. The highest BCUT2D eigenvalue weighted by molar-refractivity contribution is 7.14. The number of anilines is 1. The van der Waals surface area contributed by atoms with Gasteiger partial charge in [-0.3, -0.25) is 19.7 Å². The van der Waals surface area contributed by atoms with E-state index in [0.717, 1.165) is 36.3 Å². The second kappa shape index (κ2) is 8.95. The number of hydrogen-bond donors (Lipinski definition) is 1. The molecule has 8 heteroatoms. The average Bonchev–Trinajstić information content (AvgIpc) is 3.20. The van der Waals surface area contributed by atoms with Gasteiger partial charge >= 0.3 is 5.97 Å². The second-order valence-electron chi connectivity index (χ2n) is 7.82. The highest BCUT2D eigenvalue weighted by atomic mass is 32.1. The molecule has 2 fully saturated rings. The Kier molecular flexibility index (Phi) is 6.13. The van der Waals surface area contributed by atoms with Crippen LogP contribution in [0.1, 0.15) is 32.1 Å². The summed E-state index contributed by atoms with van der Waals surface area (Å²) in [4.78, 5) is 41.1. The Morgan fingerprint density at radius 1 is 1.17 bits per heavy atom. The number of ketones is 1. The number of benzene rings is 1. The van der Waals surface area contributed by atoms with Gasteiger partial charge in [-0.05, 0) is 49.9 Å². The van der Waals surface area contributed by atoms with Crippen LogP contribution in [0.5, 0.6) is 5.75 Å². The SMILES string of the molecule is COc1ccc(-c2csc(NC(=O)COC(=O)C3C[C@H]4CCC[C@@H](C3)C4=O)n2)cc1. The summed E-state index contributed by atoms with van der Waals surface area (Å²) in [6, 6.07) is 7.48. The molecule has 2 aliphatic carbocycles. The molecule has 2 aliphatic rings. The first-order valence-electron chi connectivity index (χ1n) is 10.1. The summed E-state index contributed by atoms with van der Waals surface area (Å²) in [6.45, 7) is -0.351. The summed E-state index contributed by atoms with van der Waals surface area (Å²) in [6.07, 6.45) is 3.87. The fourth-order valence-electron chi connectivity index (χ4n) is 4.31. The number of amides is 1. The molecule has 0 spiro atoms. The predicted molar refractivity (Wildman–Crippen MR) is 112 cm³/mol. The van der Waals surface area contributed by atoms with Gasteiger partial charge in [-0.2, -0.15) is 0 Å². The van der Waals surface area contributed by atoms with Crippen LogP contribution in [0.2, 0.25) is 0 Å². The van der Waals surface area contributed by atoms with Crippen LogP contribution in [0.4, 0.5) is 5.13 Å². The van der Waals surface area contributed by atoms with Crippen LogP contribution in [0.3, 0.4) is 0 Å². The number of rotatable bonds is 6. The molecule has 30 heavy (non-hydrogen) atoms. The topological polar surface area (TPSA) is 94.6 Å². The molecule has 0 aliphatic heterocycles. The third kappa shape index (κ3) is 4.53. The molecule has 2 aromatic rings. The molecule has 1 heterocycles. The molecule has 1 amide bonds. The lowest BCUT2D eigenvalue weighted by Gasteiger charge is -2.36. The number of methoxy groups -OCH3 is 1. The molecular weight excluding hydrogens is 404 g/mol. The van der Waals surface area contributed by atoms with Crippen molar-refractivity contribution in [2.45, 2.75) is 32.1 Å². The lowest BCUT2D eigenvalue weighted by molar-refractivity contribution is -0.155. The highest BCUT2D eigenvalue weighted by Crippen LogP contribution is 2.40. The molecule has 158 valence electrons. The number of esters is 1. The number of fused-ring (bicyclic) bond motifs is 2. The van der Waals surface area contributed by atoms with Crippen LogP contribution < -0.4 is 10.1 Å². The van der Waals surface area contributed by atoms with Crippen LogP contribution in [0.15, 0.2) is 29.6 Å². The number of nitrogens with zero attached hydrogens (tertiary/aromatic N) is 1. The van der Waals surface area contributed by atoms with Gasteiger partial charge in [-0.1, -0.05) is 6.42 Å². The van der Waals surface area contributed by atoms with Gasteiger partial charge in [0, 0.05) is 22.8 Å². The van der Waals surface area contributed by atoms with Crippen LogP contribution in [0.25, 0.3) is 11.3 Å². The fourth-order valence-corrected chi connectivity index (χ4v) is 5.04. The number of thiazole rings is 1. The molecule has 4 rings (SSSR count). The van der Waals surface area contributed by atoms with E-state index in [0.29, 0.717) is 23.8 Å². The molecule has 0 radical (unpaired) electrons. The number of hydrogen-bond acceptors (Lipinski definition) is 7. The number of aromatic nitrogens is 1. The van der Waals surface area contributed by atoms with E-state index in [1.165, 1.54) is 11.3 Å². The van der Waals surface area contributed by atoms with Crippen molar-refractivity contribution in [3.05, 3.63) is 29.6 Å². The van der Waals surface area contributed by atoms with Crippen molar-refractivity contribution in [2.24, 2.45) is 17.8 Å². The van der Waals surface area contributed by atoms with Crippen molar-refractivity contribution in [3.8, 4) is 17.0 Å². The summed E-state index contributed by atoms with van der Waals surface area (Å²) in [7, 11) is 1.61. The minimum Gasteiger partial charge on any atom is -0.497 e. The third-order valence-corrected chi connectivity index (χ3v) is 6.62. The maximum absolute atomic E-state index is 12.4. The van der Waals surface area contributed by atoms with Gasteiger partial charge in [0.2, 0.25) is 0 Å². The van der Waals surface area contributed by atoms with Crippen molar-refractivity contribution in [1.29, 1.82) is 0 Å². The van der Waals surface area contributed by atoms with E-state index in [1.54, 1.807) is 7.11 Å². The van der Waals surface area contributed by atoms with Crippen molar-refractivity contribution < 1.29 is 23.9 Å². The van der Waals surface area contributed by atoms with E-state index in [1.807, 2.05) is 29.6 Å². The largest absolute Gasteiger partial charge is 0.497 e. The minimum atomic E-state index is -0.425. The molecular formula is C22H24N2O5S. The van der Waals surface area contributed by atoms with Crippen molar-refractivity contribution in [3.63, 3.8) is 0 Å². The number of carbonyl (C=O) groups is 3. The van der Waals surface area contributed by atoms with Gasteiger partial charge in [-0.15, -0.1) is 11.3 Å². The van der Waals surface area contributed by atoms with E-state index in [4.69, 9.17) is 9.47 Å². The maximum atomic E-state index is 12.4. The van der Waals surface area contributed by atoms with Gasteiger partial charge in [-0.25, -0.2) is 4.98 Å². The smallest absolute Gasteiger partial charge is 0.309 e. The molecule has 1 unspecified atom stereocenters. The zero-order valence-electron chi connectivity index (χ0n) is 16.8. The number of ether oxygens (including phenoxy) is 2. The zero-order valence-corrected chi connectivity index (χ0v) is 17.6. The van der Waals surface area contributed by atoms with Crippen molar-refractivity contribution >= 4 is 34.1 Å². The Bertz CT molecular complexity index is 923. The summed E-state index contributed by atoms with van der Waals surface area (Å²) >= 11 is 1.30. The Morgan fingerprint density at radius 3 is 2.53 bits per heavy atom. The molecule has 3 atom stereocenters. The van der Waals surface area contributed by atoms with E-state index in [9.17, 15) is 14.4 Å². The number of Topliss-reactive ketones (excluding diaryl/α,β-unsaturated/α-hetero) is 1. The Hall–Kier alpha value is -2.74. The minimum absolute atomic E-state index is 0.0180. The first kappa shape index (κ1) is 20.5. The number of nitrogens with one attached hydrogen (secondary N) is 1. The van der Waals surface area contributed by atoms with E-state index >= 15 is 0 Å². The summed E-state index contributed by atoms with van der Waals surface area (Å²) in [5.74, 6) is -0.0630. The summed E-state index contributed by atoms with van der Waals surface area (Å²) in [5.41, 5.74) is 1.66. The Balaban J connectivity index is 1.27. The van der Waals surface area contributed by atoms with Gasteiger partial charge < -0.3 is 9.47 Å². The van der Waals surface area contributed by atoms with Crippen LogP contribution >= 0.6 is 11.3 Å². The van der Waals surface area contributed by atoms with E-state index in [-0.39, 0.29) is 30.3 Å². The molecule has 1 N–H and O–H groups in total. The lowest BCUT2D eigenvalue weighted by Crippen LogP contribution is -2.40. The standard InChI is InChI=1S/C22H24N2O5S/c1-28-17-7-5-13(6-8-17)18-12-30-22(23-18)24-19(25)11-29-21(27)16-9-14-3-2-4-15(10-16)20(14)26/h5-8,12,14-16H,2-4,9-11H2,1H3,(H,23,24,25)/t14-,15+,16?. The van der Waals surface area contributed by atoms with Gasteiger partial charge in [0.1, 0.15) is 11.5 Å². The van der Waals surface area contributed by atoms with E-state index in [2.05, 4.69) is 10.3 Å². The highest BCUT2D eigenvalue weighted by Gasteiger charge is 2.41. The number of carbonyl (C=O) groups excluding carboxylic acids is 3. The molecule has 7 nitrogen and oxygen atoms in total. The van der Waals surface area contributed by atoms with Crippen LogP contribution in [-0.4, -0.2) is 36.4 Å². The fraction of sp³-hybridized carbons (Fsp3) is 0.455. The molecule has 0 saturated heterocycles. The van der Waals surface area contributed by atoms with Gasteiger partial charge in [0.05, 0.1) is 18.7 Å². The molecule has 2 saturated carbocycles. The second-order valence-corrected chi connectivity index (χ2v) is 8.68. The van der Waals surface area contributed by atoms with Gasteiger partial charge in [0.15, 0.2) is 11.7 Å². The average molecular weight is 429 g/mol. The monoisotopic (exact) mass is 428 g/mol. The lowest BCUT2D eigenvalue weighted by atomic mass is 9.67. The van der Waals surface area contributed by atoms with Gasteiger partial charge in [0.25, 0.3) is 5.91 Å². The summed E-state index contributed by atoms with van der Waals surface area (Å²) < 4.78 is 10.4. The molecule has 2 bridgehead atoms. The quantitative estimate of drug-likeness (QED) is 0.705. The van der Waals surface area contributed by atoms with E-state index < -0.39 is 5.91 Å². The maximum Gasteiger partial charge on any atom is 0.309 e. The Morgan fingerprint density at radius 2 is 1.87 bits per heavy atom. The third-order valence-electron chi connectivity index (χ3n) is 5.86. The van der Waals surface area contributed by atoms with Crippen LogP contribution in [0, 0.1) is 17.8 Å². The Labute approximate surface area is 178 Å². The summed E-state index contributed by atoms with van der Waals surface area (Å²) in [5, 5.41) is 4.96. The van der Waals surface area contributed by atoms with Crippen molar-refractivity contribution in [1.82, 2.24) is 4.98 Å². The molecule has 1 aromatic carbocycles. The van der Waals surface area contributed by atoms with Crippen LogP contribution in [-0.2, 0) is 19.1 Å². The van der Waals surface area contributed by atoms with Crippen molar-refractivity contribution in [2.75, 3.05) is 19.0 Å². The predicted octanol–water partition coefficient (Wildman–Crippen LogP) is 3.70.